The number of carbonyl (C=O) groups is 1. The number of aromatic nitrogens is 4. The predicted octanol–water partition coefficient (Wildman–Crippen LogP) is 2.81. The summed E-state index contributed by atoms with van der Waals surface area (Å²) in [4.78, 5) is 12.3. The molecule has 0 radical (unpaired) electrons. The van der Waals surface area contributed by atoms with Crippen LogP contribution < -0.4 is 5.32 Å². The SMILES string of the molecule is Cc1ccc(-n2nnnc2CNC(=O)c2ccccc2I)cc1C. The molecule has 0 spiro atoms. The first-order chi connectivity index (χ1) is 11.6. The van der Waals surface area contributed by atoms with Gasteiger partial charge in [-0.1, -0.05) is 18.2 Å². The van der Waals surface area contributed by atoms with E-state index in [1.807, 2.05) is 43.3 Å². The molecule has 0 saturated heterocycles. The van der Waals surface area contributed by atoms with Crippen LogP contribution in [0.5, 0.6) is 0 Å². The van der Waals surface area contributed by atoms with Gasteiger partial charge in [-0.15, -0.1) is 5.10 Å². The normalized spacial score (nSPS) is 10.6. The summed E-state index contributed by atoms with van der Waals surface area (Å²) >= 11 is 2.15. The highest BCUT2D eigenvalue weighted by Crippen LogP contribution is 2.14. The lowest BCUT2D eigenvalue weighted by Gasteiger charge is -2.09. The Balaban J connectivity index is 1.78. The van der Waals surface area contributed by atoms with E-state index in [0.29, 0.717) is 11.4 Å². The van der Waals surface area contributed by atoms with Crippen LogP contribution in [0, 0.1) is 17.4 Å². The molecule has 0 fully saturated rings. The second kappa shape index (κ2) is 7.08. The van der Waals surface area contributed by atoms with Gasteiger partial charge in [-0.3, -0.25) is 4.79 Å². The van der Waals surface area contributed by atoms with Crippen molar-refractivity contribution in [3.63, 3.8) is 0 Å². The van der Waals surface area contributed by atoms with Crippen LogP contribution in [0.2, 0.25) is 0 Å². The van der Waals surface area contributed by atoms with Crippen molar-refractivity contribution in [1.29, 1.82) is 0 Å². The quantitative estimate of drug-likeness (QED) is 0.643. The lowest BCUT2D eigenvalue weighted by molar-refractivity contribution is 0.0948. The Morgan fingerprint density at radius 2 is 1.96 bits per heavy atom. The van der Waals surface area contributed by atoms with Gasteiger partial charge in [0.2, 0.25) is 0 Å². The molecule has 122 valence electrons. The fourth-order valence-electron chi connectivity index (χ4n) is 2.27. The fraction of sp³-hybridized carbons (Fsp3) is 0.176. The number of carbonyl (C=O) groups excluding carboxylic acids is 1. The van der Waals surface area contributed by atoms with Gasteiger partial charge in [-0.05, 0) is 82.3 Å². The van der Waals surface area contributed by atoms with Crippen molar-refractivity contribution in [3.05, 3.63) is 68.5 Å². The maximum Gasteiger partial charge on any atom is 0.252 e. The molecule has 1 amide bonds. The summed E-state index contributed by atoms with van der Waals surface area (Å²) in [7, 11) is 0. The zero-order valence-corrected chi connectivity index (χ0v) is 15.5. The van der Waals surface area contributed by atoms with Crippen LogP contribution in [0.3, 0.4) is 0 Å². The predicted molar refractivity (Wildman–Crippen MR) is 99.0 cm³/mol. The molecular weight excluding hydrogens is 417 g/mol. The molecule has 6 nitrogen and oxygen atoms in total. The van der Waals surface area contributed by atoms with Gasteiger partial charge in [0, 0.05) is 3.57 Å². The summed E-state index contributed by atoms with van der Waals surface area (Å²) in [5, 5.41) is 14.6. The zero-order chi connectivity index (χ0) is 17.1. The van der Waals surface area contributed by atoms with Crippen molar-refractivity contribution in [3.8, 4) is 5.69 Å². The van der Waals surface area contributed by atoms with Crippen LogP contribution >= 0.6 is 22.6 Å². The summed E-state index contributed by atoms with van der Waals surface area (Å²) < 4.78 is 2.55. The second-order valence-corrected chi connectivity index (χ2v) is 6.60. The summed E-state index contributed by atoms with van der Waals surface area (Å²) in [6, 6.07) is 13.5. The second-order valence-electron chi connectivity index (χ2n) is 5.44. The molecule has 0 unspecified atom stereocenters. The van der Waals surface area contributed by atoms with E-state index >= 15 is 0 Å². The third-order valence-electron chi connectivity index (χ3n) is 3.79. The average Bonchev–Trinajstić information content (AvgIpc) is 3.04. The van der Waals surface area contributed by atoms with E-state index in [-0.39, 0.29) is 12.5 Å². The van der Waals surface area contributed by atoms with Gasteiger partial charge < -0.3 is 5.32 Å². The lowest BCUT2D eigenvalue weighted by Crippen LogP contribution is -2.25. The third kappa shape index (κ3) is 3.45. The highest BCUT2D eigenvalue weighted by atomic mass is 127. The molecule has 1 aromatic heterocycles. The first-order valence-corrected chi connectivity index (χ1v) is 8.52. The Bertz CT molecular complexity index is 890. The van der Waals surface area contributed by atoms with Crippen LogP contribution in [-0.2, 0) is 6.54 Å². The van der Waals surface area contributed by atoms with E-state index in [4.69, 9.17) is 0 Å². The number of tetrazole rings is 1. The van der Waals surface area contributed by atoms with Gasteiger partial charge in [0.15, 0.2) is 5.82 Å². The topological polar surface area (TPSA) is 72.7 Å². The lowest BCUT2D eigenvalue weighted by atomic mass is 10.1. The van der Waals surface area contributed by atoms with Crippen molar-refractivity contribution >= 4 is 28.5 Å². The molecule has 7 heteroatoms. The number of benzene rings is 2. The first-order valence-electron chi connectivity index (χ1n) is 7.44. The molecule has 3 aromatic rings. The Labute approximate surface area is 153 Å². The highest BCUT2D eigenvalue weighted by molar-refractivity contribution is 14.1. The van der Waals surface area contributed by atoms with Crippen molar-refractivity contribution in [2.45, 2.75) is 20.4 Å². The molecule has 0 aliphatic carbocycles. The van der Waals surface area contributed by atoms with E-state index in [9.17, 15) is 4.79 Å². The van der Waals surface area contributed by atoms with E-state index in [1.54, 1.807) is 10.7 Å². The summed E-state index contributed by atoms with van der Waals surface area (Å²) in [6.07, 6.45) is 0. The molecule has 1 heterocycles. The minimum absolute atomic E-state index is 0.144. The number of halogens is 1. The number of hydrogen-bond acceptors (Lipinski definition) is 4. The number of nitrogens with one attached hydrogen (secondary N) is 1. The highest BCUT2D eigenvalue weighted by Gasteiger charge is 2.13. The molecule has 0 saturated carbocycles. The van der Waals surface area contributed by atoms with E-state index < -0.39 is 0 Å². The number of amides is 1. The largest absolute Gasteiger partial charge is 0.345 e. The van der Waals surface area contributed by atoms with E-state index in [1.165, 1.54) is 5.56 Å². The summed E-state index contributed by atoms with van der Waals surface area (Å²) in [5.41, 5.74) is 3.89. The molecule has 2 aromatic carbocycles. The third-order valence-corrected chi connectivity index (χ3v) is 4.74. The first kappa shape index (κ1) is 16.6. The molecule has 0 aliphatic heterocycles. The molecule has 0 atom stereocenters. The number of hydrogen-bond donors (Lipinski definition) is 1. The molecule has 0 aliphatic rings. The molecule has 1 N–H and O–H groups in total. The van der Waals surface area contributed by atoms with Crippen LogP contribution in [-0.4, -0.2) is 26.1 Å². The van der Waals surface area contributed by atoms with Crippen molar-refractivity contribution in [2.75, 3.05) is 0 Å². The fourth-order valence-corrected chi connectivity index (χ4v) is 2.91. The minimum atomic E-state index is -0.144. The van der Waals surface area contributed by atoms with Gasteiger partial charge >= 0.3 is 0 Å². The van der Waals surface area contributed by atoms with Crippen LogP contribution in [0.25, 0.3) is 5.69 Å². The van der Waals surface area contributed by atoms with Crippen LogP contribution in [0.4, 0.5) is 0 Å². The molecule has 3 rings (SSSR count). The van der Waals surface area contributed by atoms with Gasteiger partial charge in [-0.2, -0.15) is 4.68 Å². The van der Waals surface area contributed by atoms with Crippen LogP contribution in [0.15, 0.2) is 42.5 Å². The smallest absolute Gasteiger partial charge is 0.252 e. The monoisotopic (exact) mass is 433 g/mol. The van der Waals surface area contributed by atoms with Gasteiger partial charge in [0.25, 0.3) is 5.91 Å². The minimum Gasteiger partial charge on any atom is -0.345 e. The maximum absolute atomic E-state index is 12.3. The molecule has 0 bridgehead atoms. The maximum atomic E-state index is 12.3. The van der Waals surface area contributed by atoms with E-state index in [2.05, 4.69) is 50.4 Å². The summed E-state index contributed by atoms with van der Waals surface area (Å²) in [5.74, 6) is 0.437. The Morgan fingerprint density at radius 1 is 1.17 bits per heavy atom. The van der Waals surface area contributed by atoms with Gasteiger partial charge in [0.1, 0.15) is 0 Å². The van der Waals surface area contributed by atoms with Gasteiger partial charge in [-0.25, -0.2) is 0 Å². The molecular formula is C17H16IN5O. The summed E-state index contributed by atoms with van der Waals surface area (Å²) in [6.45, 7) is 4.35. The van der Waals surface area contributed by atoms with Crippen molar-refractivity contribution < 1.29 is 4.79 Å². The van der Waals surface area contributed by atoms with Gasteiger partial charge in [0.05, 0.1) is 17.8 Å². The average molecular weight is 433 g/mol. The zero-order valence-electron chi connectivity index (χ0n) is 13.3. The van der Waals surface area contributed by atoms with E-state index in [0.717, 1.165) is 14.8 Å². The Morgan fingerprint density at radius 3 is 2.71 bits per heavy atom. The van der Waals surface area contributed by atoms with Crippen molar-refractivity contribution in [1.82, 2.24) is 25.5 Å². The Kier molecular flexibility index (Phi) is 4.89. The van der Waals surface area contributed by atoms with Crippen LogP contribution in [0.1, 0.15) is 27.3 Å². The standard InChI is InChI=1S/C17H16IN5O/c1-11-7-8-13(9-12(11)2)23-16(20-21-22-23)10-19-17(24)14-5-3-4-6-15(14)18/h3-9H,10H2,1-2H3,(H,19,24). The van der Waals surface area contributed by atoms with Crippen molar-refractivity contribution in [2.24, 2.45) is 0 Å². The molecule has 24 heavy (non-hydrogen) atoms. The number of aryl methyl sites for hydroxylation is 2. The number of rotatable bonds is 4. The Hall–Kier alpha value is -2.29. The number of nitrogens with zero attached hydrogens (tertiary/aromatic N) is 4.